The molecule has 4 aromatic carbocycles. The molecule has 0 bridgehead atoms. The smallest absolute Gasteiger partial charge is 0.179 e. The lowest BCUT2D eigenvalue weighted by Crippen LogP contribution is -2.46. The molecule has 0 saturated carbocycles. The van der Waals surface area contributed by atoms with Gasteiger partial charge in [0.15, 0.2) is 17.5 Å². The van der Waals surface area contributed by atoms with Crippen molar-refractivity contribution in [2.24, 2.45) is 9.98 Å². The molecule has 5 aromatic rings. The first-order chi connectivity index (χ1) is 20.6. The minimum atomic E-state index is -0.563. The average Bonchev–Trinajstić information content (AvgIpc) is 3.36. The molecule has 0 aliphatic carbocycles. The molecule has 9 heteroatoms. The SMILES string of the molecule is COc1ccc(OC)c(NC2=Nc3ccccc3N3C2=Nc2c(c(C)nn2-c2ccccc2)[C@H]3c2ccccc2F)c1. The van der Waals surface area contributed by atoms with Crippen LogP contribution in [0.15, 0.2) is 107 Å². The predicted octanol–water partition coefficient (Wildman–Crippen LogP) is 7.13. The number of methoxy groups -OCH3 is 2. The number of aliphatic imine (C=N–C) groups is 2. The Balaban J connectivity index is 1.50. The first-order valence-corrected chi connectivity index (χ1v) is 13.5. The van der Waals surface area contributed by atoms with Gasteiger partial charge in [-0.05, 0) is 49.4 Å². The van der Waals surface area contributed by atoms with Crippen molar-refractivity contribution >= 4 is 34.6 Å². The number of para-hydroxylation sites is 3. The van der Waals surface area contributed by atoms with Gasteiger partial charge in [-0.15, -0.1) is 0 Å². The summed E-state index contributed by atoms with van der Waals surface area (Å²) in [5.74, 6) is 2.57. The molecule has 0 spiro atoms. The van der Waals surface area contributed by atoms with Crippen molar-refractivity contribution in [1.29, 1.82) is 0 Å². The summed E-state index contributed by atoms with van der Waals surface area (Å²) in [6, 6.07) is 29.4. The summed E-state index contributed by atoms with van der Waals surface area (Å²) in [6.45, 7) is 1.94. The number of amidine groups is 2. The maximum Gasteiger partial charge on any atom is 0.179 e. The van der Waals surface area contributed by atoms with Crippen LogP contribution in [0.25, 0.3) is 5.69 Å². The summed E-state index contributed by atoms with van der Waals surface area (Å²) in [7, 11) is 3.22. The normalized spacial score (nSPS) is 15.1. The standard InChI is InChI=1S/C33H27FN6O2/c1-20-29-30(23-13-7-8-14-24(23)34)39-27-16-10-9-15-25(27)35-31(36-26-19-22(41-2)17-18-28(26)42-3)33(39)37-32(29)40(38-20)21-11-5-4-6-12-21/h4-19,30H,1-3H3,(H,35,36)/t30-/m1/s1. The maximum atomic E-state index is 15.7. The lowest BCUT2D eigenvalue weighted by atomic mass is 9.93. The third kappa shape index (κ3) is 4.09. The second-order valence-corrected chi connectivity index (χ2v) is 9.94. The van der Waals surface area contributed by atoms with Crippen molar-refractivity contribution in [3.05, 3.63) is 120 Å². The Kier molecular flexibility index (Phi) is 6.19. The zero-order valence-electron chi connectivity index (χ0n) is 23.2. The van der Waals surface area contributed by atoms with E-state index in [1.165, 1.54) is 6.07 Å². The van der Waals surface area contributed by atoms with E-state index in [0.717, 1.165) is 28.3 Å². The first-order valence-electron chi connectivity index (χ1n) is 13.5. The van der Waals surface area contributed by atoms with Gasteiger partial charge in [0.1, 0.15) is 17.3 Å². The molecule has 2 aliphatic rings. The van der Waals surface area contributed by atoms with Crippen LogP contribution < -0.4 is 19.7 Å². The van der Waals surface area contributed by atoms with Gasteiger partial charge < -0.3 is 19.7 Å². The van der Waals surface area contributed by atoms with E-state index < -0.39 is 6.04 Å². The molecule has 8 nitrogen and oxygen atoms in total. The van der Waals surface area contributed by atoms with Crippen LogP contribution >= 0.6 is 0 Å². The highest BCUT2D eigenvalue weighted by atomic mass is 19.1. The molecular weight excluding hydrogens is 531 g/mol. The molecule has 1 N–H and O–H groups in total. The van der Waals surface area contributed by atoms with Gasteiger partial charge in [0, 0.05) is 17.2 Å². The number of aromatic nitrogens is 2. The van der Waals surface area contributed by atoms with Gasteiger partial charge in [0.25, 0.3) is 0 Å². The summed E-state index contributed by atoms with van der Waals surface area (Å²) in [4.78, 5) is 12.2. The van der Waals surface area contributed by atoms with Gasteiger partial charge in [-0.2, -0.15) is 5.10 Å². The Morgan fingerprint density at radius 3 is 2.38 bits per heavy atom. The van der Waals surface area contributed by atoms with E-state index in [9.17, 15) is 0 Å². The first kappa shape index (κ1) is 25.5. The van der Waals surface area contributed by atoms with E-state index >= 15 is 4.39 Å². The molecule has 2 aliphatic heterocycles. The van der Waals surface area contributed by atoms with Crippen LogP contribution in [0.3, 0.4) is 0 Å². The average molecular weight is 559 g/mol. The third-order valence-electron chi connectivity index (χ3n) is 7.50. The monoisotopic (exact) mass is 558 g/mol. The number of fused-ring (bicyclic) bond motifs is 4. The fourth-order valence-corrected chi connectivity index (χ4v) is 5.58. The minimum absolute atomic E-state index is 0.314. The summed E-state index contributed by atoms with van der Waals surface area (Å²) >= 11 is 0. The Morgan fingerprint density at radius 1 is 0.833 bits per heavy atom. The van der Waals surface area contributed by atoms with E-state index in [0.29, 0.717) is 40.2 Å². The van der Waals surface area contributed by atoms with Gasteiger partial charge in [-0.3, -0.25) is 0 Å². The van der Waals surface area contributed by atoms with Crippen LogP contribution in [-0.4, -0.2) is 35.7 Å². The van der Waals surface area contributed by atoms with Crippen LogP contribution in [0.2, 0.25) is 0 Å². The summed E-state index contributed by atoms with van der Waals surface area (Å²) < 4.78 is 28.7. The largest absolute Gasteiger partial charge is 0.497 e. The second kappa shape index (κ2) is 10.2. The van der Waals surface area contributed by atoms with Crippen molar-refractivity contribution < 1.29 is 13.9 Å². The third-order valence-corrected chi connectivity index (χ3v) is 7.50. The van der Waals surface area contributed by atoms with Gasteiger partial charge in [-0.25, -0.2) is 19.1 Å². The minimum Gasteiger partial charge on any atom is -0.497 e. The number of nitrogens with one attached hydrogen (secondary N) is 1. The lowest BCUT2D eigenvalue weighted by Gasteiger charge is -2.40. The van der Waals surface area contributed by atoms with Crippen LogP contribution in [-0.2, 0) is 0 Å². The Hall–Kier alpha value is -5.44. The number of ether oxygens (including phenoxy) is 2. The van der Waals surface area contributed by atoms with E-state index in [1.807, 2.05) is 101 Å². The van der Waals surface area contributed by atoms with Crippen LogP contribution in [0.5, 0.6) is 11.5 Å². The van der Waals surface area contributed by atoms with Gasteiger partial charge >= 0.3 is 0 Å². The maximum absolute atomic E-state index is 15.7. The fraction of sp³-hybridized carbons (Fsp3) is 0.121. The Morgan fingerprint density at radius 2 is 1.60 bits per heavy atom. The molecule has 0 radical (unpaired) electrons. The van der Waals surface area contributed by atoms with E-state index in [-0.39, 0.29) is 5.82 Å². The predicted molar refractivity (Wildman–Crippen MR) is 163 cm³/mol. The molecule has 0 unspecified atom stereocenters. The molecule has 3 heterocycles. The molecule has 1 aromatic heterocycles. The molecular formula is C33H27FN6O2. The molecule has 208 valence electrons. The second-order valence-electron chi connectivity index (χ2n) is 9.94. The topological polar surface area (TPSA) is 76.3 Å². The number of hydrogen-bond acceptors (Lipinski definition) is 7. The molecule has 0 fully saturated rings. The highest BCUT2D eigenvalue weighted by Crippen LogP contribution is 2.48. The lowest BCUT2D eigenvalue weighted by molar-refractivity contribution is 0.405. The summed E-state index contributed by atoms with van der Waals surface area (Å²) in [5.41, 5.74) is 5.13. The van der Waals surface area contributed by atoms with Crippen LogP contribution in [0.4, 0.5) is 27.3 Å². The number of benzene rings is 4. The number of halogens is 1. The quantitative estimate of drug-likeness (QED) is 0.248. The number of anilines is 2. The van der Waals surface area contributed by atoms with Crippen LogP contribution in [0.1, 0.15) is 22.9 Å². The van der Waals surface area contributed by atoms with Crippen molar-refractivity contribution in [2.75, 3.05) is 24.4 Å². The molecule has 0 saturated heterocycles. The van der Waals surface area contributed by atoms with Crippen molar-refractivity contribution in [2.45, 2.75) is 13.0 Å². The van der Waals surface area contributed by atoms with Gasteiger partial charge in [-0.1, -0.05) is 48.5 Å². The van der Waals surface area contributed by atoms with E-state index in [2.05, 4.69) is 5.32 Å². The van der Waals surface area contributed by atoms with Crippen LogP contribution in [0, 0.1) is 12.7 Å². The highest BCUT2D eigenvalue weighted by molar-refractivity contribution is 6.51. The highest BCUT2D eigenvalue weighted by Gasteiger charge is 2.42. The molecule has 1 atom stereocenters. The number of hydrogen-bond donors (Lipinski definition) is 1. The molecule has 42 heavy (non-hydrogen) atoms. The number of rotatable bonds is 5. The zero-order chi connectivity index (χ0) is 28.8. The zero-order valence-corrected chi connectivity index (χ0v) is 23.2. The molecule has 7 rings (SSSR count). The number of aryl methyl sites for hydroxylation is 1. The Bertz CT molecular complexity index is 1880. The molecule has 0 amide bonds. The summed E-state index contributed by atoms with van der Waals surface area (Å²) in [5, 5.41) is 8.35. The van der Waals surface area contributed by atoms with Crippen molar-refractivity contribution in [1.82, 2.24) is 9.78 Å². The van der Waals surface area contributed by atoms with Crippen molar-refractivity contribution in [3.63, 3.8) is 0 Å². The Labute approximate surface area is 242 Å². The fourth-order valence-electron chi connectivity index (χ4n) is 5.58. The number of nitrogens with zero attached hydrogens (tertiary/aromatic N) is 5. The van der Waals surface area contributed by atoms with Gasteiger partial charge in [0.05, 0.1) is 48.7 Å². The summed E-state index contributed by atoms with van der Waals surface area (Å²) in [6.07, 6.45) is 0. The van der Waals surface area contributed by atoms with Gasteiger partial charge in [0.2, 0.25) is 0 Å². The van der Waals surface area contributed by atoms with Crippen molar-refractivity contribution in [3.8, 4) is 17.2 Å². The van der Waals surface area contributed by atoms with E-state index in [1.54, 1.807) is 20.3 Å². The van der Waals surface area contributed by atoms with E-state index in [4.69, 9.17) is 24.6 Å².